The molecule has 1 amide bonds. The molecule has 0 spiro atoms. The summed E-state index contributed by atoms with van der Waals surface area (Å²) in [5.41, 5.74) is 4.31. The van der Waals surface area contributed by atoms with E-state index < -0.39 is 0 Å². The summed E-state index contributed by atoms with van der Waals surface area (Å²) in [5, 5.41) is 2.93. The molecular formula is C24H31ClN2O2. The molecule has 2 aromatic carbocycles. The van der Waals surface area contributed by atoms with Gasteiger partial charge in [-0.15, -0.1) is 0 Å². The van der Waals surface area contributed by atoms with E-state index in [1.54, 1.807) is 6.08 Å². The number of nitrogens with one attached hydrogen (secondary N) is 1. The van der Waals surface area contributed by atoms with Gasteiger partial charge >= 0.3 is 0 Å². The predicted molar refractivity (Wildman–Crippen MR) is 115 cm³/mol. The first-order valence-corrected chi connectivity index (χ1v) is 9.97. The van der Waals surface area contributed by atoms with Crippen LogP contribution < -0.4 is 17.7 Å². The summed E-state index contributed by atoms with van der Waals surface area (Å²) in [6, 6.07) is 16.9. The van der Waals surface area contributed by atoms with Crippen LogP contribution in [-0.4, -0.2) is 43.7 Å². The Hall–Kier alpha value is -2.14. The number of anilines is 1. The van der Waals surface area contributed by atoms with E-state index in [0.717, 1.165) is 48.3 Å². The summed E-state index contributed by atoms with van der Waals surface area (Å²) >= 11 is 0. The van der Waals surface area contributed by atoms with E-state index in [9.17, 15) is 4.79 Å². The quantitative estimate of drug-likeness (QED) is 0.573. The normalized spacial score (nSPS) is 15.1. The highest BCUT2D eigenvalue weighted by Gasteiger charge is 2.30. The third-order valence-corrected chi connectivity index (χ3v) is 5.46. The van der Waals surface area contributed by atoms with E-state index in [2.05, 4.69) is 37.6 Å². The lowest BCUT2D eigenvalue weighted by Gasteiger charge is -2.40. The molecule has 1 saturated heterocycles. The van der Waals surface area contributed by atoms with Crippen LogP contribution in [0.15, 0.2) is 54.6 Å². The third kappa shape index (κ3) is 7.00. The molecule has 1 aliphatic rings. The Bertz CT molecular complexity index is 825. The van der Waals surface area contributed by atoms with E-state index in [4.69, 9.17) is 4.74 Å². The number of quaternary nitrogens is 1. The van der Waals surface area contributed by atoms with Crippen LogP contribution in [0.1, 0.15) is 29.5 Å². The van der Waals surface area contributed by atoms with Crippen molar-refractivity contribution < 1.29 is 26.4 Å². The molecule has 3 rings (SSSR count). The van der Waals surface area contributed by atoms with E-state index >= 15 is 0 Å². The van der Waals surface area contributed by atoms with Gasteiger partial charge in [0.25, 0.3) is 0 Å². The molecule has 0 radical (unpaired) electrons. The average molecular weight is 415 g/mol. The Morgan fingerprint density at radius 2 is 1.83 bits per heavy atom. The number of nitrogens with zero attached hydrogens (tertiary/aromatic N) is 1. The second kappa shape index (κ2) is 10.6. The second-order valence-electron chi connectivity index (χ2n) is 8.21. The van der Waals surface area contributed by atoms with Gasteiger partial charge in [-0.1, -0.05) is 42.0 Å². The van der Waals surface area contributed by atoms with Gasteiger partial charge in [0.15, 0.2) is 0 Å². The van der Waals surface area contributed by atoms with Gasteiger partial charge in [-0.25, -0.2) is 0 Å². The summed E-state index contributed by atoms with van der Waals surface area (Å²) in [5.74, 6) is -0.118. The Kier molecular flexibility index (Phi) is 8.45. The van der Waals surface area contributed by atoms with Crippen molar-refractivity contribution >= 4 is 17.7 Å². The maximum absolute atomic E-state index is 12.2. The number of carbonyl (C=O) groups excluding carboxylic acids is 1. The van der Waals surface area contributed by atoms with E-state index in [-0.39, 0.29) is 18.3 Å². The first-order chi connectivity index (χ1) is 13.4. The van der Waals surface area contributed by atoms with Gasteiger partial charge in [-0.3, -0.25) is 4.79 Å². The standard InChI is InChI=1S/C24H30N2O2.ClH/c1-19-5-4-6-20(17-19)9-12-24(27)25-22-10-7-21(8-11-22)18-26(2,3)23-13-15-28-16-14-23;/h4-12,17,23H,13-16,18H2,1-3H3;1H/b12-9+;. The largest absolute Gasteiger partial charge is 1.00 e. The lowest BCUT2D eigenvalue weighted by molar-refractivity contribution is -0.929. The van der Waals surface area contributed by atoms with Gasteiger partial charge in [0.2, 0.25) is 5.91 Å². The number of hydrogen-bond donors (Lipinski definition) is 1. The van der Waals surface area contributed by atoms with Gasteiger partial charge < -0.3 is 26.9 Å². The molecule has 0 saturated carbocycles. The van der Waals surface area contributed by atoms with Crippen molar-refractivity contribution in [3.05, 3.63) is 71.3 Å². The minimum absolute atomic E-state index is 0. The van der Waals surface area contributed by atoms with Gasteiger partial charge in [-0.2, -0.15) is 0 Å². The molecular weight excluding hydrogens is 384 g/mol. The van der Waals surface area contributed by atoms with Crippen molar-refractivity contribution in [3.8, 4) is 0 Å². The Labute approximate surface area is 180 Å². The number of halogens is 1. The summed E-state index contributed by atoms with van der Waals surface area (Å²) in [4.78, 5) is 12.2. The smallest absolute Gasteiger partial charge is 0.248 e. The van der Waals surface area contributed by atoms with Crippen LogP contribution in [0.4, 0.5) is 5.69 Å². The van der Waals surface area contributed by atoms with Crippen LogP contribution in [0.2, 0.25) is 0 Å². The summed E-state index contributed by atoms with van der Waals surface area (Å²) in [7, 11) is 4.59. The molecule has 0 aromatic heterocycles. The minimum atomic E-state index is -0.118. The van der Waals surface area contributed by atoms with Crippen LogP contribution in [0.3, 0.4) is 0 Å². The zero-order chi connectivity index (χ0) is 20.0. The molecule has 29 heavy (non-hydrogen) atoms. The predicted octanol–water partition coefficient (Wildman–Crippen LogP) is 1.41. The van der Waals surface area contributed by atoms with Crippen molar-refractivity contribution in [2.24, 2.45) is 0 Å². The maximum Gasteiger partial charge on any atom is 0.248 e. The van der Waals surface area contributed by atoms with Crippen LogP contribution in [-0.2, 0) is 16.1 Å². The fourth-order valence-corrected chi connectivity index (χ4v) is 3.81. The summed E-state index contributed by atoms with van der Waals surface area (Å²) in [6.07, 6.45) is 5.65. The zero-order valence-electron chi connectivity index (χ0n) is 17.5. The highest BCUT2D eigenvalue weighted by Crippen LogP contribution is 2.22. The number of hydrogen-bond acceptors (Lipinski definition) is 2. The highest BCUT2D eigenvalue weighted by molar-refractivity contribution is 6.01. The Morgan fingerprint density at radius 1 is 1.14 bits per heavy atom. The van der Waals surface area contributed by atoms with E-state index in [1.165, 1.54) is 11.1 Å². The number of aryl methyl sites for hydroxylation is 1. The SMILES string of the molecule is Cc1cccc(/C=C/C(=O)Nc2ccc(C[N+](C)(C)C3CCOCC3)cc2)c1.[Cl-]. The monoisotopic (exact) mass is 414 g/mol. The van der Waals surface area contributed by atoms with Crippen LogP contribution in [0, 0.1) is 6.92 Å². The van der Waals surface area contributed by atoms with Gasteiger partial charge in [0, 0.05) is 30.2 Å². The van der Waals surface area contributed by atoms with Crippen LogP contribution in [0.5, 0.6) is 0 Å². The molecule has 1 heterocycles. The molecule has 156 valence electrons. The summed E-state index contributed by atoms with van der Waals surface area (Å²) < 4.78 is 6.46. The molecule has 0 bridgehead atoms. The lowest BCUT2D eigenvalue weighted by atomic mass is 10.0. The molecule has 1 fully saturated rings. The van der Waals surface area contributed by atoms with Crippen molar-refractivity contribution in [2.75, 3.05) is 32.6 Å². The number of rotatable bonds is 6. The van der Waals surface area contributed by atoms with Crippen molar-refractivity contribution in [2.45, 2.75) is 32.4 Å². The molecule has 0 atom stereocenters. The first kappa shape index (κ1) is 23.1. The first-order valence-electron chi connectivity index (χ1n) is 9.97. The summed E-state index contributed by atoms with van der Waals surface area (Å²) in [6.45, 7) is 4.76. The minimum Gasteiger partial charge on any atom is -1.00 e. The highest BCUT2D eigenvalue weighted by atomic mass is 35.5. The van der Waals surface area contributed by atoms with E-state index in [0.29, 0.717) is 6.04 Å². The van der Waals surface area contributed by atoms with Crippen molar-refractivity contribution in [3.63, 3.8) is 0 Å². The average Bonchev–Trinajstić information content (AvgIpc) is 2.68. The zero-order valence-corrected chi connectivity index (χ0v) is 18.3. The molecule has 1 aliphatic heterocycles. The second-order valence-corrected chi connectivity index (χ2v) is 8.21. The van der Waals surface area contributed by atoms with Gasteiger partial charge in [-0.05, 0) is 30.7 Å². The topological polar surface area (TPSA) is 38.3 Å². The number of ether oxygens (including phenoxy) is 1. The molecule has 0 aliphatic carbocycles. The van der Waals surface area contributed by atoms with Gasteiger partial charge in [0.1, 0.15) is 6.54 Å². The maximum atomic E-state index is 12.2. The third-order valence-electron chi connectivity index (χ3n) is 5.46. The number of benzene rings is 2. The number of amides is 1. The molecule has 5 heteroatoms. The fraction of sp³-hybridized carbons (Fsp3) is 0.375. The van der Waals surface area contributed by atoms with Crippen LogP contribution >= 0.6 is 0 Å². The molecule has 2 aromatic rings. The van der Waals surface area contributed by atoms with E-state index in [1.807, 2.05) is 43.3 Å². The molecule has 4 nitrogen and oxygen atoms in total. The Morgan fingerprint density at radius 3 is 2.48 bits per heavy atom. The van der Waals surface area contributed by atoms with Crippen molar-refractivity contribution in [1.29, 1.82) is 0 Å². The van der Waals surface area contributed by atoms with Gasteiger partial charge in [0.05, 0.1) is 33.4 Å². The van der Waals surface area contributed by atoms with Crippen molar-refractivity contribution in [1.82, 2.24) is 0 Å². The number of carbonyl (C=O) groups is 1. The van der Waals surface area contributed by atoms with Crippen LogP contribution in [0.25, 0.3) is 6.08 Å². The Balaban J connectivity index is 0.00000300. The lowest BCUT2D eigenvalue weighted by Crippen LogP contribution is -3.00. The molecule has 0 unspecified atom stereocenters. The molecule has 1 N–H and O–H groups in total. The fourth-order valence-electron chi connectivity index (χ4n) is 3.81.